The van der Waals surface area contributed by atoms with E-state index in [4.69, 9.17) is 11.5 Å². The number of nitrogens with two attached hydrogens (primary N) is 2. The predicted molar refractivity (Wildman–Crippen MR) is 57.7 cm³/mol. The lowest BCUT2D eigenvalue weighted by Crippen LogP contribution is -2.25. The second kappa shape index (κ2) is 11.8. The van der Waals surface area contributed by atoms with Gasteiger partial charge >= 0.3 is 0 Å². The highest BCUT2D eigenvalue weighted by Crippen LogP contribution is 1.76. The van der Waals surface area contributed by atoms with Gasteiger partial charge in [-0.05, 0) is 58.5 Å². The van der Waals surface area contributed by atoms with Crippen molar-refractivity contribution in [3.63, 3.8) is 0 Å². The molecule has 4 nitrogen and oxygen atoms in total. The van der Waals surface area contributed by atoms with Crippen LogP contribution in [0.4, 0.5) is 0 Å². The molecule has 0 atom stereocenters. The van der Waals surface area contributed by atoms with E-state index in [-0.39, 0.29) is 0 Å². The summed E-state index contributed by atoms with van der Waals surface area (Å²) in [7, 11) is 0. The Bertz CT molecular complexity index is 77.7. The van der Waals surface area contributed by atoms with Crippen molar-refractivity contribution in [2.24, 2.45) is 11.5 Å². The first-order valence-corrected chi connectivity index (χ1v) is 5.23. The SMILES string of the molecule is NCCCNCCCNCCCN. The highest BCUT2D eigenvalue weighted by Gasteiger charge is 1.88. The van der Waals surface area contributed by atoms with Crippen molar-refractivity contribution in [2.45, 2.75) is 19.3 Å². The molecule has 0 unspecified atom stereocenters. The lowest BCUT2D eigenvalue weighted by atomic mass is 10.3. The zero-order valence-electron chi connectivity index (χ0n) is 8.52. The number of hydrogen-bond acceptors (Lipinski definition) is 4. The van der Waals surface area contributed by atoms with E-state index in [1.54, 1.807) is 0 Å². The zero-order valence-corrected chi connectivity index (χ0v) is 8.52. The first kappa shape index (κ1) is 12.8. The number of rotatable bonds is 10. The summed E-state index contributed by atoms with van der Waals surface area (Å²) in [4.78, 5) is 0. The summed E-state index contributed by atoms with van der Waals surface area (Å²) >= 11 is 0. The molecule has 0 aromatic rings. The van der Waals surface area contributed by atoms with Crippen molar-refractivity contribution in [3.05, 3.63) is 0 Å². The zero-order chi connectivity index (χ0) is 9.78. The summed E-state index contributed by atoms with van der Waals surface area (Å²) < 4.78 is 0. The molecular formula is C9H24N4. The Kier molecular flexibility index (Phi) is 11.7. The van der Waals surface area contributed by atoms with Gasteiger partial charge in [0.25, 0.3) is 0 Å². The fraction of sp³-hybridized carbons (Fsp3) is 1.00. The first-order valence-electron chi connectivity index (χ1n) is 5.23. The maximum atomic E-state index is 5.36. The smallest absolute Gasteiger partial charge is 0.00368 e. The van der Waals surface area contributed by atoms with Crippen LogP contribution in [0.3, 0.4) is 0 Å². The quantitative estimate of drug-likeness (QED) is 0.340. The molecule has 13 heavy (non-hydrogen) atoms. The molecule has 0 aromatic heterocycles. The third-order valence-electron chi connectivity index (χ3n) is 1.82. The lowest BCUT2D eigenvalue weighted by Gasteiger charge is -2.04. The molecule has 0 aliphatic rings. The third kappa shape index (κ3) is 11.8. The molecule has 4 heteroatoms. The summed E-state index contributed by atoms with van der Waals surface area (Å²) in [5, 5.41) is 6.67. The Hall–Kier alpha value is -0.160. The van der Waals surface area contributed by atoms with Gasteiger partial charge in [0.1, 0.15) is 0 Å². The van der Waals surface area contributed by atoms with Crippen LogP contribution in [-0.2, 0) is 0 Å². The maximum absolute atomic E-state index is 5.36. The first-order chi connectivity index (χ1) is 6.41. The van der Waals surface area contributed by atoms with Gasteiger partial charge in [-0.25, -0.2) is 0 Å². The lowest BCUT2D eigenvalue weighted by molar-refractivity contribution is 0.579. The van der Waals surface area contributed by atoms with E-state index in [9.17, 15) is 0 Å². The summed E-state index contributed by atoms with van der Waals surface area (Å²) in [5.41, 5.74) is 10.7. The summed E-state index contributed by atoms with van der Waals surface area (Å²) in [6.07, 6.45) is 3.32. The molecule has 0 bridgehead atoms. The summed E-state index contributed by atoms with van der Waals surface area (Å²) in [6, 6.07) is 0. The minimum Gasteiger partial charge on any atom is -0.330 e. The minimum atomic E-state index is 0.780. The normalized spacial score (nSPS) is 10.6. The van der Waals surface area contributed by atoms with E-state index < -0.39 is 0 Å². The molecule has 0 aliphatic carbocycles. The molecule has 0 amide bonds. The fourth-order valence-corrected chi connectivity index (χ4v) is 1.04. The van der Waals surface area contributed by atoms with Crippen molar-refractivity contribution < 1.29 is 0 Å². The Morgan fingerprint density at radius 3 is 1.38 bits per heavy atom. The standard InChI is InChI=1S/C9H24N4/c10-4-1-6-12-8-3-9-13-7-2-5-11/h12-13H,1-11H2. The average Bonchev–Trinajstić information content (AvgIpc) is 2.16. The van der Waals surface area contributed by atoms with Gasteiger partial charge in [0.2, 0.25) is 0 Å². The Balaban J connectivity index is 2.76. The van der Waals surface area contributed by atoms with Gasteiger partial charge in [0.05, 0.1) is 0 Å². The minimum absolute atomic E-state index is 0.780. The van der Waals surface area contributed by atoms with Gasteiger partial charge in [0, 0.05) is 0 Å². The van der Waals surface area contributed by atoms with Crippen LogP contribution < -0.4 is 22.1 Å². The Labute approximate surface area is 81.4 Å². The van der Waals surface area contributed by atoms with E-state index in [2.05, 4.69) is 10.6 Å². The molecule has 0 rings (SSSR count). The van der Waals surface area contributed by atoms with Gasteiger partial charge in [0.15, 0.2) is 0 Å². The molecule has 0 fully saturated rings. The highest BCUT2D eigenvalue weighted by atomic mass is 14.9. The van der Waals surface area contributed by atoms with E-state index in [0.717, 1.165) is 52.1 Å². The van der Waals surface area contributed by atoms with Gasteiger partial charge in [-0.1, -0.05) is 0 Å². The predicted octanol–water partition coefficient (Wildman–Crippen LogP) is -0.747. The average molecular weight is 188 g/mol. The number of nitrogens with one attached hydrogen (secondary N) is 2. The molecule has 0 aromatic carbocycles. The molecule has 6 N–H and O–H groups in total. The van der Waals surface area contributed by atoms with Crippen LogP contribution >= 0.6 is 0 Å². The topological polar surface area (TPSA) is 76.1 Å². The van der Waals surface area contributed by atoms with E-state index in [1.807, 2.05) is 0 Å². The van der Waals surface area contributed by atoms with Crippen LogP contribution in [0.1, 0.15) is 19.3 Å². The fourth-order valence-electron chi connectivity index (χ4n) is 1.04. The summed E-state index contributed by atoms with van der Waals surface area (Å²) in [5.74, 6) is 0. The number of hydrogen-bond donors (Lipinski definition) is 4. The summed E-state index contributed by atoms with van der Waals surface area (Å²) in [6.45, 7) is 5.80. The Morgan fingerprint density at radius 2 is 1.00 bits per heavy atom. The molecule has 80 valence electrons. The molecule has 0 radical (unpaired) electrons. The Morgan fingerprint density at radius 1 is 0.615 bits per heavy atom. The van der Waals surface area contributed by atoms with Gasteiger partial charge in [-0.3, -0.25) is 0 Å². The van der Waals surface area contributed by atoms with Crippen LogP contribution in [0.5, 0.6) is 0 Å². The molecule has 0 spiro atoms. The van der Waals surface area contributed by atoms with Gasteiger partial charge < -0.3 is 22.1 Å². The molecule has 0 saturated carbocycles. The van der Waals surface area contributed by atoms with E-state index in [0.29, 0.717) is 0 Å². The third-order valence-corrected chi connectivity index (χ3v) is 1.82. The van der Waals surface area contributed by atoms with Crippen LogP contribution in [0, 0.1) is 0 Å². The van der Waals surface area contributed by atoms with Crippen molar-refractivity contribution in [3.8, 4) is 0 Å². The molecular weight excluding hydrogens is 164 g/mol. The van der Waals surface area contributed by atoms with Crippen molar-refractivity contribution >= 4 is 0 Å². The van der Waals surface area contributed by atoms with Crippen LogP contribution in [0.25, 0.3) is 0 Å². The molecule has 0 heterocycles. The van der Waals surface area contributed by atoms with Crippen LogP contribution in [0.15, 0.2) is 0 Å². The van der Waals surface area contributed by atoms with Crippen molar-refractivity contribution in [1.82, 2.24) is 10.6 Å². The van der Waals surface area contributed by atoms with E-state index in [1.165, 1.54) is 6.42 Å². The second-order valence-corrected chi connectivity index (χ2v) is 3.14. The maximum Gasteiger partial charge on any atom is -0.00368 e. The van der Waals surface area contributed by atoms with Gasteiger partial charge in [-0.15, -0.1) is 0 Å². The largest absolute Gasteiger partial charge is 0.330 e. The van der Waals surface area contributed by atoms with Crippen LogP contribution in [-0.4, -0.2) is 39.3 Å². The van der Waals surface area contributed by atoms with E-state index >= 15 is 0 Å². The monoisotopic (exact) mass is 188 g/mol. The van der Waals surface area contributed by atoms with Crippen LogP contribution in [0.2, 0.25) is 0 Å². The van der Waals surface area contributed by atoms with Crippen molar-refractivity contribution in [2.75, 3.05) is 39.3 Å². The van der Waals surface area contributed by atoms with Crippen molar-refractivity contribution in [1.29, 1.82) is 0 Å². The molecule has 0 saturated heterocycles. The highest BCUT2D eigenvalue weighted by molar-refractivity contribution is 4.52. The molecule has 0 aliphatic heterocycles. The van der Waals surface area contributed by atoms with Gasteiger partial charge in [-0.2, -0.15) is 0 Å². The second-order valence-electron chi connectivity index (χ2n) is 3.14.